The maximum atomic E-state index is 12.5. The summed E-state index contributed by atoms with van der Waals surface area (Å²) in [7, 11) is 0. The van der Waals surface area contributed by atoms with Gasteiger partial charge < -0.3 is 19.6 Å². The molecule has 2 N–H and O–H groups in total. The molecule has 0 atom stereocenters. The van der Waals surface area contributed by atoms with Crippen molar-refractivity contribution in [2.24, 2.45) is 5.16 Å². The highest BCUT2D eigenvalue weighted by atomic mass is 16.4. The molecule has 1 heterocycles. The van der Waals surface area contributed by atoms with Gasteiger partial charge in [-0.3, -0.25) is 0 Å². The summed E-state index contributed by atoms with van der Waals surface area (Å²) < 4.78 is 6.31. The molecular formula is C28H30N2O4. The Morgan fingerprint density at radius 1 is 0.912 bits per heavy atom. The van der Waals surface area contributed by atoms with Gasteiger partial charge in [-0.15, -0.1) is 0 Å². The van der Waals surface area contributed by atoms with E-state index >= 15 is 0 Å². The quantitative estimate of drug-likeness (QED) is 0.209. The second kappa shape index (κ2) is 8.86. The van der Waals surface area contributed by atoms with Crippen LogP contribution in [-0.2, 0) is 0 Å². The largest absolute Gasteiger partial charge is 0.478 e. The second-order valence-corrected chi connectivity index (χ2v) is 8.67. The summed E-state index contributed by atoms with van der Waals surface area (Å²) in [6.45, 7) is 13.8. The standard InChI is InChI=1S/C28H30N2O4/c1-7-30(8-2)20-10-12-22-24(14-20)34-23-13-19(29-33)9-11-21(23)27(22)25-17(5)15(3)16(4)18(6)26(25)28(31)32/h9-14,33H,7-8H2,1-6H3,(H,31,32). The van der Waals surface area contributed by atoms with Gasteiger partial charge in [0.2, 0.25) is 0 Å². The maximum Gasteiger partial charge on any atom is 0.336 e. The van der Waals surface area contributed by atoms with Crippen molar-refractivity contribution in [3.8, 4) is 22.5 Å². The van der Waals surface area contributed by atoms with Gasteiger partial charge in [0.1, 0.15) is 16.7 Å². The SMILES string of the molecule is CCN(CC)c1ccc2c(-c3c(C)c(C)c(C)c(C)c3C(=O)O)c3ccc(=NO)cc-3oc2c1. The number of rotatable bonds is 5. The van der Waals surface area contributed by atoms with Gasteiger partial charge in [-0.2, -0.15) is 0 Å². The van der Waals surface area contributed by atoms with E-state index in [2.05, 4.69) is 30.0 Å². The Bertz CT molecular complexity index is 1460. The van der Waals surface area contributed by atoms with E-state index in [0.29, 0.717) is 27.8 Å². The van der Waals surface area contributed by atoms with Gasteiger partial charge in [-0.25, -0.2) is 4.79 Å². The van der Waals surface area contributed by atoms with Crippen molar-refractivity contribution in [1.82, 2.24) is 0 Å². The third-order valence-corrected chi connectivity index (χ3v) is 7.08. The van der Waals surface area contributed by atoms with Gasteiger partial charge >= 0.3 is 5.97 Å². The van der Waals surface area contributed by atoms with Gasteiger partial charge in [-0.1, -0.05) is 5.16 Å². The fourth-order valence-corrected chi connectivity index (χ4v) is 4.88. The molecule has 2 aliphatic rings. The molecule has 0 saturated carbocycles. The van der Waals surface area contributed by atoms with Gasteiger partial charge in [-0.05, 0) is 88.1 Å². The van der Waals surface area contributed by atoms with E-state index in [-0.39, 0.29) is 0 Å². The first-order valence-corrected chi connectivity index (χ1v) is 11.5. The molecule has 0 amide bonds. The molecule has 1 aliphatic carbocycles. The van der Waals surface area contributed by atoms with Crippen molar-refractivity contribution < 1.29 is 19.5 Å². The number of hydrogen-bond acceptors (Lipinski definition) is 5. The molecule has 6 nitrogen and oxygen atoms in total. The van der Waals surface area contributed by atoms with Crippen molar-refractivity contribution in [2.45, 2.75) is 41.5 Å². The van der Waals surface area contributed by atoms with Crippen LogP contribution in [0.5, 0.6) is 0 Å². The lowest BCUT2D eigenvalue weighted by molar-refractivity contribution is 0.0696. The summed E-state index contributed by atoms with van der Waals surface area (Å²) in [5, 5.41) is 24.1. The van der Waals surface area contributed by atoms with E-state index in [4.69, 9.17) is 4.42 Å². The molecule has 0 spiro atoms. The van der Waals surface area contributed by atoms with Crippen LogP contribution >= 0.6 is 0 Å². The topological polar surface area (TPSA) is 86.3 Å². The zero-order valence-corrected chi connectivity index (χ0v) is 20.5. The van der Waals surface area contributed by atoms with Crippen LogP contribution in [0.4, 0.5) is 5.69 Å². The number of nitrogens with zero attached hydrogens (tertiary/aromatic N) is 2. The van der Waals surface area contributed by atoms with Crippen LogP contribution in [0, 0.1) is 27.7 Å². The van der Waals surface area contributed by atoms with Crippen LogP contribution in [0.25, 0.3) is 33.4 Å². The van der Waals surface area contributed by atoms with Crippen molar-refractivity contribution in [2.75, 3.05) is 18.0 Å². The molecule has 0 bridgehead atoms. The molecule has 0 saturated heterocycles. The zero-order valence-electron chi connectivity index (χ0n) is 20.5. The van der Waals surface area contributed by atoms with Crippen molar-refractivity contribution in [3.63, 3.8) is 0 Å². The number of hydrogen-bond donors (Lipinski definition) is 2. The number of aromatic carboxylic acids is 1. The lowest BCUT2D eigenvalue weighted by Gasteiger charge is -2.24. The third-order valence-electron chi connectivity index (χ3n) is 7.08. The molecule has 176 valence electrons. The molecule has 2 aromatic carbocycles. The summed E-state index contributed by atoms with van der Waals surface area (Å²) >= 11 is 0. The first-order chi connectivity index (χ1) is 16.2. The average Bonchev–Trinajstić information content (AvgIpc) is 2.83. The Morgan fingerprint density at radius 3 is 2.21 bits per heavy atom. The summed E-state index contributed by atoms with van der Waals surface area (Å²) in [6.07, 6.45) is 0. The monoisotopic (exact) mass is 458 g/mol. The van der Waals surface area contributed by atoms with Crippen LogP contribution in [0.1, 0.15) is 46.5 Å². The van der Waals surface area contributed by atoms with Crippen molar-refractivity contribution in [1.29, 1.82) is 0 Å². The predicted octanol–water partition coefficient (Wildman–Crippen LogP) is 6.27. The summed E-state index contributed by atoms with van der Waals surface area (Å²) in [5.41, 5.74) is 8.00. The van der Waals surface area contributed by atoms with Crippen molar-refractivity contribution >= 4 is 22.6 Å². The second-order valence-electron chi connectivity index (χ2n) is 8.67. The fourth-order valence-electron chi connectivity index (χ4n) is 4.88. The smallest absolute Gasteiger partial charge is 0.336 e. The van der Waals surface area contributed by atoms with Crippen LogP contribution in [-0.4, -0.2) is 29.4 Å². The molecule has 0 unspecified atom stereocenters. The first kappa shape index (κ1) is 23.4. The van der Waals surface area contributed by atoms with Gasteiger partial charge in [0.25, 0.3) is 0 Å². The number of carboxylic acids is 1. The first-order valence-electron chi connectivity index (χ1n) is 11.5. The third kappa shape index (κ3) is 3.59. The van der Waals surface area contributed by atoms with E-state index in [1.165, 1.54) is 0 Å². The molecule has 0 aromatic heterocycles. The maximum absolute atomic E-state index is 12.5. The highest BCUT2D eigenvalue weighted by Crippen LogP contribution is 2.45. The van der Waals surface area contributed by atoms with E-state index in [1.54, 1.807) is 12.1 Å². The van der Waals surface area contributed by atoms with Gasteiger partial charge in [0.05, 0.1) is 5.56 Å². The molecule has 6 heteroatoms. The van der Waals surface area contributed by atoms with Gasteiger partial charge in [0.15, 0.2) is 0 Å². The van der Waals surface area contributed by atoms with Crippen molar-refractivity contribution in [3.05, 3.63) is 69.6 Å². The minimum atomic E-state index is -0.956. The Morgan fingerprint density at radius 2 is 1.59 bits per heavy atom. The lowest BCUT2D eigenvalue weighted by atomic mass is 9.82. The lowest BCUT2D eigenvalue weighted by Crippen LogP contribution is -2.21. The number of carboxylic acid groups (broad SMARTS) is 1. The summed E-state index contributed by atoms with van der Waals surface area (Å²) in [5.74, 6) is -0.427. The van der Waals surface area contributed by atoms with Crippen LogP contribution in [0.15, 0.2) is 46.0 Å². The number of anilines is 1. The summed E-state index contributed by atoms with van der Waals surface area (Å²) in [4.78, 5) is 14.8. The number of fused-ring (bicyclic) bond motifs is 2. The Balaban J connectivity index is 2.24. The molecule has 2 aromatic rings. The highest BCUT2D eigenvalue weighted by molar-refractivity contribution is 6.09. The zero-order chi connectivity index (χ0) is 24.7. The highest BCUT2D eigenvalue weighted by Gasteiger charge is 2.27. The predicted molar refractivity (Wildman–Crippen MR) is 135 cm³/mol. The molecule has 34 heavy (non-hydrogen) atoms. The van der Waals surface area contributed by atoms with E-state index in [9.17, 15) is 15.1 Å². The normalized spacial score (nSPS) is 12.0. The molecule has 0 radical (unpaired) electrons. The number of carbonyl (C=O) groups is 1. The Kier molecular flexibility index (Phi) is 6.09. The van der Waals surface area contributed by atoms with Crippen LogP contribution in [0.2, 0.25) is 0 Å². The van der Waals surface area contributed by atoms with E-state index in [0.717, 1.165) is 57.5 Å². The average molecular weight is 459 g/mol. The molecule has 0 fully saturated rings. The summed E-state index contributed by atoms with van der Waals surface area (Å²) in [6, 6.07) is 11.3. The molecule has 4 rings (SSSR count). The van der Waals surface area contributed by atoms with Crippen LogP contribution < -0.4 is 10.3 Å². The fraction of sp³-hybridized carbons (Fsp3) is 0.286. The molecule has 1 aliphatic heterocycles. The Hall–Kier alpha value is -3.80. The van der Waals surface area contributed by atoms with Crippen LogP contribution in [0.3, 0.4) is 0 Å². The minimum Gasteiger partial charge on any atom is -0.478 e. The number of benzene rings is 3. The van der Waals surface area contributed by atoms with E-state index < -0.39 is 5.97 Å². The van der Waals surface area contributed by atoms with E-state index in [1.807, 2.05) is 45.9 Å². The van der Waals surface area contributed by atoms with Gasteiger partial charge in [0, 0.05) is 53.0 Å². The molecular weight excluding hydrogens is 428 g/mol. The Labute approximate surface area is 199 Å². The minimum absolute atomic E-state index is 0.304.